The SMILES string of the molecule is CCCNC(c1ccn(CC(C)(C)C(=O)O)c1)C(C)C. The van der Waals surface area contributed by atoms with Crippen LogP contribution in [0.15, 0.2) is 18.5 Å². The summed E-state index contributed by atoms with van der Waals surface area (Å²) in [6, 6.07) is 2.41. The van der Waals surface area contributed by atoms with Gasteiger partial charge in [-0.25, -0.2) is 0 Å². The molecule has 1 aromatic rings. The van der Waals surface area contributed by atoms with E-state index < -0.39 is 11.4 Å². The first-order valence-corrected chi connectivity index (χ1v) is 7.40. The maximum atomic E-state index is 11.2. The lowest BCUT2D eigenvalue weighted by molar-refractivity contribution is -0.147. The van der Waals surface area contributed by atoms with Crippen LogP contribution in [0.5, 0.6) is 0 Å². The number of carboxylic acid groups (broad SMARTS) is 1. The van der Waals surface area contributed by atoms with E-state index in [0.29, 0.717) is 18.5 Å². The topological polar surface area (TPSA) is 54.3 Å². The number of nitrogens with zero attached hydrogens (tertiary/aromatic N) is 1. The second kappa shape index (κ2) is 6.93. The Morgan fingerprint density at radius 1 is 1.45 bits per heavy atom. The summed E-state index contributed by atoms with van der Waals surface area (Å²) in [5, 5.41) is 12.8. The zero-order chi connectivity index (χ0) is 15.3. The highest BCUT2D eigenvalue weighted by molar-refractivity contribution is 5.73. The molecule has 0 aromatic carbocycles. The van der Waals surface area contributed by atoms with Crippen LogP contribution >= 0.6 is 0 Å². The van der Waals surface area contributed by atoms with Gasteiger partial charge in [-0.1, -0.05) is 20.8 Å². The van der Waals surface area contributed by atoms with E-state index in [4.69, 9.17) is 0 Å². The molecular weight excluding hydrogens is 252 g/mol. The summed E-state index contributed by atoms with van der Waals surface area (Å²) in [5.41, 5.74) is 0.482. The number of aromatic nitrogens is 1. The normalized spacial score (nSPS) is 13.7. The molecule has 20 heavy (non-hydrogen) atoms. The van der Waals surface area contributed by atoms with Crippen molar-refractivity contribution in [2.45, 2.75) is 53.6 Å². The van der Waals surface area contributed by atoms with Crippen molar-refractivity contribution >= 4 is 5.97 Å². The van der Waals surface area contributed by atoms with Crippen molar-refractivity contribution in [1.82, 2.24) is 9.88 Å². The van der Waals surface area contributed by atoms with Crippen molar-refractivity contribution in [3.8, 4) is 0 Å². The minimum atomic E-state index is -0.766. The molecule has 0 aliphatic carbocycles. The van der Waals surface area contributed by atoms with Crippen molar-refractivity contribution < 1.29 is 9.90 Å². The zero-order valence-corrected chi connectivity index (χ0v) is 13.3. The predicted octanol–water partition coefficient (Wildman–Crippen LogP) is 3.30. The number of carbonyl (C=O) groups is 1. The molecule has 0 saturated carbocycles. The molecule has 0 spiro atoms. The van der Waals surface area contributed by atoms with E-state index >= 15 is 0 Å². The first-order valence-electron chi connectivity index (χ1n) is 7.40. The molecule has 1 heterocycles. The van der Waals surface area contributed by atoms with Crippen LogP contribution in [0, 0.1) is 11.3 Å². The molecule has 2 N–H and O–H groups in total. The van der Waals surface area contributed by atoms with Gasteiger partial charge in [-0.05, 0) is 44.4 Å². The third kappa shape index (κ3) is 4.37. The predicted molar refractivity (Wildman–Crippen MR) is 81.7 cm³/mol. The molecule has 0 saturated heterocycles. The van der Waals surface area contributed by atoms with E-state index in [0.717, 1.165) is 13.0 Å². The summed E-state index contributed by atoms with van der Waals surface area (Å²) >= 11 is 0. The number of hydrogen-bond donors (Lipinski definition) is 2. The smallest absolute Gasteiger partial charge is 0.310 e. The van der Waals surface area contributed by atoms with Crippen molar-refractivity contribution in [1.29, 1.82) is 0 Å². The fraction of sp³-hybridized carbons (Fsp3) is 0.688. The van der Waals surface area contributed by atoms with Gasteiger partial charge < -0.3 is 15.0 Å². The van der Waals surface area contributed by atoms with Gasteiger partial charge in [-0.15, -0.1) is 0 Å². The van der Waals surface area contributed by atoms with Gasteiger partial charge in [0.25, 0.3) is 0 Å². The summed E-state index contributed by atoms with van der Waals surface area (Å²) in [6.45, 7) is 11.5. The van der Waals surface area contributed by atoms with Gasteiger partial charge in [0.05, 0.1) is 5.41 Å². The van der Waals surface area contributed by atoms with Crippen LogP contribution in [0.25, 0.3) is 0 Å². The Labute approximate surface area is 122 Å². The molecule has 0 radical (unpaired) electrons. The lowest BCUT2D eigenvalue weighted by Gasteiger charge is -2.22. The Bertz CT molecular complexity index is 435. The number of rotatable bonds is 8. The van der Waals surface area contributed by atoms with Crippen molar-refractivity contribution in [2.24, 2.45) is 11.3 Å². The largest absolute Gasteiger partial charge is 0.481 e. The fourth-order valence-electron chi connectivity index (χ4n) is 2.30. The van der Waals surface area contributed by atoms with Crippen LogP contribution in [0.4, 0.5) is 0 Å². The molecule has 0 amide bonds. The second-order valence-corrected chi connectivity index (χ2v) is 6.48. The Morgan fingerprint density at radius 2 is 2.10 bits per heavy atom. The first-order chi connectivity index (χ1) is 9.27. The third-order valence-corrected chi connectivity index (χ3v) is 3.57. The Morgan fingerprint density at radius 3 is 2.60 bits per heavy atom. The van der Waals surface area contributed by atoms with E-state index in [1.54, 1.807) is 13.8 Å². The van der Waals surface area contributed by atoms with Gasteiger partial charge in [-0.2, -0.15) is 0 Å². The molecule has 0 bridgehead atoms. The Hall–Kier alpha value is -1.29. The fourth-order valence-corrected chi connectivity index (χ4v) is 2.30. The summed E-state index contributed by atoms with van der Waals surface area (Å²) in [6.07, 6.45) is 5.15. The molecule has 0 aliphatic heterocycles. The second-order valence-electron chi connectivity index (χ2n) is 6.48. The number of hydrogen-bond acceptors (Lipinski definition) is 2. The molecule has 4 nitrogen and oxygen atoms in total. The average Bonchev–Trinajstić information content (AvgIpc) is 2.76. The molecule has 0 fully saturated rings. The quantitative estimate of drug-likeness (QED) is 0.768. The third-order valence-electron chi connectivity index (χ3n) is 3.57. The van der Waals surface area contributed by atoms with E-state index in [9.17, 15) is 9.90 Å². The van der Waals surface area contributed by atoms with Gasteiger partial charge in [0.1, 0.15) is 0 Å². The minimum absolute atomic E-state index is 0.323. The van der Waals surface area contributed by atoms with E-state index in [-0.39, 0.29) is 0 Å². The molecule has 114 valence electrons. The molecule has 0 aliphatic rings. The zero-order valence-electron chi connectivity index (χ0n) is 13.3. The number of aliphatic carboxylic acids is 1. The van der Waals surface area contributed by atoms with Gasteiger partial charge in [-0.3, -0.25) is 4.79 Å². The molecule has 1 aromatic heterocycles. The van der Waals surface area contributed by atoms with E-state index in [1.807, 2.05) is 10.8 Å². The van der Waals surface area contributed by atoms with Gasteiger partial charge in [0, 0.05) is 25.0 Å². The van der Waals surface area contributed by atoms with Crippen LogP contribution in [0.3, 0.4) is 0 Å². The maximum absolute atomic E-state index is 11.2. The van der Waals surface area contributed by atoms with Gasteiger partial charge in [0.15, 0.2) is 0 Å². The Kier molecular flexibility index (Phi) is 5.81. The monoisotopic (exact) mass is 280 g/mol. The molecule has 1 unspecified atom stereocenters. The molecule has 4 heteroatoms. The minimum Gasteiger partial charge on any atom is -0.481 e. The number of nitrogens with one attached hydrogen (secondary N) is 1. The molecule has 1 atom stereocenters. The van der Waals surface area contributed by atoms with Crippen LogP contribution < -0.4 is 5.32 Å². The van der Waals surface area contributed by atoms with Crippen LogP contribution in [-0.4, -0.2) is 22.2 Å². The summed E-state index contributed by atoms with van der Waals surface area (Å²) in [5.74, 6) is -0.262. The highest BCUT2D eigenvalue weighted by Crippen LogP contribution is 2.24. The summed E-state index contributed by atoms with van der Waals surface area (Å²) < 4.78 is 1.98. The van der Waals surface area contributed by atoms with Crippen LogP contribution in [0.2, 0.25) is 0 Å². The maximum Gasteiger partial charge on any atom is 0.310 e. The highest BCUT2D eigenvalue weighted by atomic mass is 16.4. The standard InChI is InChI=1S/C16H28N2O2/c1-6-8-17-14(12(2)3)13-7-9-18(10-13)11-16(4,5)15(19)20/h7,9-10,12,14,17H,6,8,11H2,1-5H3,(H,19,20). The van der Waals surface area contributed by atoms with Crippen molar-refractivity contribution in [3.05, 3.63) is 24.0 Å². The Balaban J connectivity index is 2.81. The van der Waals surface area contributed by atoms with Crippen molar-refractivity contribution in [3.63, 3.8) is 0 Å². The van der Waals surface area contributed by atoms with E-state index in [2.05, 4.69) is 38.4 Å². The lowest BCUT2D eigenvalue weighted by Crippen LogP contribution is -2.29. The number of carboxylic acids is 1. The summed E-state index contributed by atoms with van der Waals surface area (Å²) in [7, 11) is 0. The van der Waals surface area contributed by atoms with E-state index in [1.165, 1.54) is 5.56 Å². The lowest BCUT2D eigenvalue weighted by atomic mass is 9.94. The van der Waals surface area contributed by atoms with Gasteiger partial charge in [0.2, 0.25) is 0 Å². The average molecular weight is 280 g/mol. The first kappa shape index (κ1) is 16.8. The van der Waals surface area contributed by atoms with Gasteiger partial charge >= 0.3 is 5.97 Å². The van der Waals surface area contributed by atoms with Crippen LogP contribution in [-0.2, 0) is 11.3 Å². The van der Waals surface area contributed by atoms with Crippen molar-refractivity contribution in [2.75, 3.05) is 6.54 Å². The highest BCUT2D eigenvalue weighted by Gasteiger charge is 2.27. The molecular formula is C16H28N2O2. The van der Waals surface area contributed by atoms with Crippen LogP contribution in [0.1, 0.15) is 52.6 Å². The molecule has 1 rings (SSSR count). The summed E-state index contributed by atoms with van der Waals surface area (Å²) in [4.78, 5) is 11.2.